The molecule has 25 heavy (non-hydrogen) atoms. The molecule has 1 aromatic heterocycles. The number of rotatable bonds is 4. The molecule has 1 unspecified atom stereocenters. The van der Waals surface area contributed by atoms with Gasteiger partial charge in [-0.3, -0.25) is 5.10 Å². The third-order valence-corrected chi connectivity index (χ3v) is 5.52. The number of hydrogen-bond donors (Lipinski definition) is 2. The van der Waals surface area contributed by atoms with Gasteiger partial charge in [-0.1, -0.05) is 30.3 Å². The second kappa shape index (κ2) is 6.90. The lowest BCUT2D eigenvalue weighted by molar-refractivity contribution is 0.178. The minimum atomic E-state index is 0.0793. The zero-order valence-electron chi connectivity index (χ0n) is 14.7. The monoisotopic (exact) mass is 338 g/mol. The molecule has 1 aliphatic carbocycles. The third kappa shape index (κ3) is 3.70. The van der Waals surface area contributed by atoms with Crippen LogP contribution < -0.4 is 5.32 Å². The second-order valence-corrected chi connectivity index (χ2v) is 7.46. The van der Waals surface area contributed by atoms with E-state index in [1.807, 2.05) is 11.8 Å². The zero-order valence-corrected chi connectivity index (χ0v) is 14.7. The number of hydrogen-bond acceptors (Lipinski definition) is 2. The fourth-order valence-corrected chi connectivity index (χ4v) is 3.96. The molecular formula is C20H26N4O. The van der Waals surface area contributed by atoms with Crippen molar-refractivity contribution in [3.8, 4) is 0 Å². The van der Waals surface area contributed by atoms with Crippen molar-refractivity contribution in [3.05, 3.63) is 53.3 Å². The Morgan fingerprint density at radius 3 is 2.96 bits per heavy atom. The topological polar surface area (TPSA) is 61.0 Å². The average Bonchev–Trinajstić information content (AvgIpc) is 3.31. The van der Waals surface area contributed by atoms with Crippen LogP contribution >= 0.6 is 0 Å². The molecule has 2 aliphatic rings. The molecule has 0 bridgehead atoms. The van der Waals surface area contributed by atoms with E-state index in [1.54, 1.807) is 0 Å². The average molecular weight is 338 g/mol. The number of H-pyrrole nitrogens is 1. The minimum Gasteiger partial charge on any atom is -0.338 e. The Bertz CT molecular complexity index is 726. The van der Waals surface area contributed by atoms with Crippen LogP contribution in [0.4, 0.5) is 4.79 Å². The van der Waals surface area contributed by atoms with E-state index in [1.165, 1.54) is 12.0 Å². The van der Waals surface area contributed by atoms with Crippen LogP contribution in [-0.4, -0.2) is 40.8 Å². The number of aromatic amines is 1. The number of urea groups is 1. The number of aryl methyl sites for hydroxylation is 1. The third-order valence-electron chi connectivity index (χ3n) is 5.52. The number of likely N-dealkylation sites (tertiary alicyclic amines) is 1. The van der Waals surface area contributed by atoms with E-state index in [-0.39, 0.29) is 6.03 Å². The van der Waals surface area contributed by atoms with Crippen molar-refractivity contribution >= 4 is 6.03 Å². The highest BCUT2D eigenvalue weighted by molar-refractivity contribution is 5.74. The molecule has 1 saturated heterocycles. The summed E-state index contributed by atoms with van der Waals surface area (Å²) in [6, 6.07) is 12.8. The van der Waals surface area contributed by atoms with Crippen molar-refractivity contribution in [1.82, 2.24) is 20.4 Å². The molecule has 1 aromatic carbocycles. The van der Waals surface area contributed by atoms with Gasteiger partial charge in [-0.05, 0) is 49.7 Å². The lowest BCUT2D eigenvalue weighted by atomic mass is 9.95. The Kier molecular flexibility index (Phi) is 4.47. The van der Waals surface area contributed by atoms with Crippen LogP contribution in [0.5, 0.6) is 0 Å². The van der Waals surface area contributed by atoms with E-state index in [2.05, 4.69) is 51.9 Å². The highest BCUT2D eigenvalue weighted by Gasteiger charge is 2.38. The highest BCUT2D eigenvalue weighted by Crippen LogP contribution is 2.46. The summed E-state index contributed by atoms with van der Waals surface area (Å²) >= 11 is 0. The molecule has 4 rings (SSSR count). The van der Waals surface area contributed by atoms with Crippen molar-refractivity contribution in [2.24, 2.45) is 5.92 Å². The molecule has 0 spiro atoms. The first kappa shape index (κ1) is 16.2. The molecule has 132 valence electrons. The van der Waals surface area contributed by atoms with Gasteiger partial charge in [-0.2, -0.15) is 5.10 Å². The van der Waals surface area contributed by atoms with Crippen LogP contribution in [0.1, 0.15) is 48.0 Å². The fourth-order valence-electron chi connectivity index (χ4n) is 3.96. The lowest BCUT2D eigenvalue weighted by Gasteiger charge is -2.32. The van der Waals surface area contributed by atoms with Crippen molar-refractivity contribution in [2.75, 3.05) is 19.6 Å². The van der Waals surface area contributed by atoms with Crippen molar-refractivity contribution in [1.29, 1.82) is 0 Å². The molecule has 0 radical (unpaired) electrons. The number of aromatic nitrogens is 2. The normalized spacial score (nSPS) is 25.6. The van der Waals surface area contributed by atoms with E-state index in [4.69, 9.17) is 0 Å². The molecule has 5 heteroatoms. The summed E-state index contributed by atoms with van der Waals surface area (Å²) in [4.78, 5) is 14.5. The maximum atomic E-state index is 12.5. The highest BCUT2D eigenvalue weighted by atomic mass is 16.2. The molecule has 1 saturated carbocycles. The van der Waals surface area contributed by atoms with Gasteiger partial charge in [0.15, 0.2) is 0 Å². The van der Waals surface area contributed by atoms with E-state index in [9.17, 15) is 4.79 Å². The first-order chi connectivity index (χ1) is 12.2. The summed E-state index contributed by atoms with van der Waals surface area (Å²) < 4.78 is 0. The molecule has 2 amide bonds. The van der Waals surface area contributed by atoms with Crippen LogP contribution in [0, 0.1) is 12.8 Å². The number of carbonyl (C=O) groups excluding carboxylic acids is 1. The van der Waals surface area contributed by atoms with Crippen LogP contribution in [0.3, 0.4) is 0 Å². The van der Waals surface area contributed by atoms with Gasteiger partial charge in [0.1, 0.15) is 0 Å². The van der Waals surface area contributed by atoms with E-state index in [0.717, 1.165) is 43.9 Å². The summed E-state index contributed by atoms with van der Waals surface area (Å²) in [6.07, 6.45) is 3.33. The maximum Gasteiger partial charge on any atom is 0.317 e. The van der Waals surface area contributed by atoms with Crippen molar-refractivity contribution in [3.63, 3.8) is 0 Å². The molecule has 1 aliphatic heterocycles. The molecular weight excluding hydrogens is 312 g/mol. The number of piperidine rings is 1. The number of nitrogens with one attached hydrogen (secondary N) is 2. The van der Waals surface area contributed by atoms with E-state index < -0.39 is 0 Å². The Morgan fingerprint density at radius 1 is 1.36 bits per heavy atom. The second-order valence-electron chi connectivity index (χ2n) is 7.46. The SMILES string of the molecule is Cc1cc(C2CCCN(C(=O)NC[C@@H]3C[C@H]3c3ccccc3)C2)n[nH]1. The number of carbonyl (C=O) groups is 1. The van der Waals surface area contributed by atoms with Crippen LogP contribution in [0.15, 0.2) is 36.4 Å². The van der Waals surface area contributed by atoms with Gasteiger partial charge in [0, 0.05) is 31.2 Å². The Hall–Kier alpha value is -2.30. The van der Waals surface area contributed by atoms with Gasteiger partial charge in [0.2, 0.25) is 0 Å². The lowest BCUT2D eigenvalue weighted by Crippen LogP contribution is -2.45. The van der Waals surface area contributed by atoms with Crippen LogP contribution in [-0.2, 0) is 0 Å². The molecule has 2 heterocycles. The van der Waals surface area contributed by atoms with Crippen molar-refractivity contribution < 1.29 is 4.79 Å². The Balaban J connectivity index is 1.27. The standard InChI is InChI=1S/C20H26N4O/c1-14-10-19(23-22-14)16-8-5-9-24(13-16)20(25)21-12-17-11-18(17)15-6-3-2-4-7-15/h2-4,6-7,10,16-18H,5,8-9,11-13H2,1H3,(H,21,25)(H,22,23)/t16?,17-,18-/m0/s1. The molecule has 2 fully saturated rings. The predicted molar refractivity (Wildman–Crippen MR) is 97.6 cm³/mol. The van der Waals surface area contributed by atoms with Crippen LogP contribution in [0.25, 0.3) is 0 Å². The summed E-state index contributed by atoms with van der Waals surface area (Å²) in [5, 5.41) is 10.5. The predicted octanol–water partition coefficient (Wildman–Crippen LogP) is 3.41. The smallest absolute Gasteiger partial charge is 0.317 e. The molecule has 5 nitrogen and oxygen atoms in total. The minimum absolute atomic E-state index is 0.0793. The molecule has 2 aromatic rings. The summed E-state index contributed by atoms with van der Waals surface area (Å²) in [5.41, 5.74) is 3.56. The molecule has 3 atom stereocenters. The van der Waals surface area contributed by atoms with Gasteiger partial charge in [-0.15, -0.1) is 0 Å². The maximum absolute atomic E-state index is 12.5. The van der Waals surface area contributed by atoms with E-state index in [0.29, 0.717) is 17.8 Å². The van der Waals surface area contributed by atoms with E-state index >= 15 is 0 Å². The zero-order chi connectivity index (χ0) is 17.2. The van der Waals surface area contributed by atoms with Gasteiger partial charge in [0.25, 0.3) is 0 Å². The largest absolute Gasteiger partial charge is 0.338 e. The number of nitrogens with zero attached hydrogens (tertiary/aromatic N) is 2. The van der Waals surface area contributed by atoms with Gasteiger partial charge < -0.3 is 10.2 Å². The summed E-state index contributed by atoms with van der Waals surface area (Å²) in [7, 11) is 0. The van der Waals surface area contributed by atoms with Crippen molar-refractivity contribution in [2.45, 2.75) is 38.0 Å². The summed E-state index contributed by atoms with van der Waals surface area (Å²) in [6.45, 7) is 4.41. The van der Waals surface area contributed by atoms with Crippen LogP contribution in [0.2, 0.25) is 0 Å². The number of amides is 2. The first-order valence-electron chi connectivity index (χ1n) is 9.30. The number of benzene rings is 1. The summed E-state index contributed by atoms with van der Waals surface area (Å²) in [5.74, 6) is 1.55. The molecule has 2 N–H and O–H groups in total. The van der Waals surface area contributed by atoms with Gasteiger partial charge in [-0.25, -0.2) is 4.79 Å². The first-order valence-corrected chi connectivity index (χ1v) is 9.30. The fraction of sp³-hybridized carbons (Fsp3) is 0.500. The Labute approximate surface area is 148 Å². The van der Waals surface area contributed by atoms with Gasteiger partial charge in [0.05, 0.1) is 5.69 Å². The quantitative estimate of drug-likeness (QED) is 0.897. The van der Waals surface area contributed by atoms with Gasteiger partial charge >= 0.3 is 6.03 Å². The Morgan fingerprint density at radius 2 is 2.20 bits per heavy atom.